The van der Waals surface area contributed by atoms with Crippen molar-refractivity contribution in [3.8, 4) is 0 Å². The Hall–Kier alpha value is -1.93. The fourth-order valence-electron chi connectivity index (χ4n) is 2.55. The highest BCUT2D eigenvalue weighted by Crippen LogP contribution is 2.31. The highest BCUT2D eigenvalue weighted by Gasteiger charge is 2.29. The van der Waals surface area contributed by atoms with E-state index in [9.17, 15) is 9.18 Å². The summed E-state index contributed by atoms with van der Waals surface area (Å²) in [6.45, 7) is 0.480. The van der Waals surface area contributed by atoms with Gasteiger partial charge in [0.1, 0.15) is 11.6 Å². The number of aromatic amines is 1. The minimum absolute atomic E-state index is 0.0372. The topological polar surface area (TPSA) is 95.2 Å². The van der Waals surface area contributed by atoms with E-state index in [2.05, 4.69) is 9.97 Å². The van der Waals surface area contributed by atoms with E-state index in [1.165, 1.54) is 10.8 Å². The molecule has 0 spiro atoms. The average Bonchev–Trinajstić information content (AvgIpc) is 2.95. The number of nitrogens with zero attached hydrogens (tertiary/aromatic N) is 2. The number of fused-ring (bicyclic) bond motifs is 1. The van der Waals surface area contributed by atoms with Crippen LogP contribution < -0.4 is 11.3 Å². The van der Waals surface area contributed by atoms with E-state index in [-0.39, 0.29) is 29.3 Å². The predicted octanol–water partition coefficient (Wildman–Crippen LogP) is 0.770. The second-order valence-corrected chi connectivity index (χ2v) is 4.78. The van der Waals surface area contributed by atoms with Crippen molar-refractivity contribution >= 4 is 17.0 Å². The average molecular weight is 282 g/mol. The lowest BCUT2D eigenvalue weighted by molar-refractivity contribution is -0.0300. The van der Waals surface area contributed by atoms with Crippen molar-refractivity contribution in [3.05, 3.63) is 22.4 Å². The van der Waals surface area contributed by atoms with E-state index in [1.807, 2.05) is 0 Å². The second kappa shape index (κ2) is 4.88. The van der Waals surface area contributed by atoms with E-state index in [0.717, 1.165) is 6.42 Å². The molecule has 3 heterocycles. The number of methoxy groups -OCH3 is 1. The molecule has 1 saturated heterocycles. The minimum Gasteiger partial charge on any atom is -0.382 e. The number of anilines is 1. The SMILES string of the molecule is COCC1CCC(n2cc(F)c3c(=O)[nH]c(N)nc32)O1. The van der Waals surface area contributed by atoms with Gasteiger partial charge in [0.2, 0.25) is 5.95 Å². The van der Waals surface area contributed by atoms with Crippen LogP contribution in [0.4, 0.5) is 10.3 Å². The zero-order valence-corrected chi connectivity index (χ0v) is 10.9. The first kappa shape index (κ1) is 13.1. The maximum absolute atomic E-state index is 13.9. The monoisotopic (exact) mass is 282 g/mol. The summed E-state index contributed by atoms with van der Waals surface area (Å²) >= 11 is 0. The number of hydrogen-bond donors (Lipinski definition) is 2. The van der Waals surface area contributed by atoms with Gasteiger partial charge in [-0.2, -0.15) is 4.98 Å². The molecule has 7 nitrogen and oxygen atoms in total. The predicted molar refractivity (Wildman–Crippen MR) is 69.7 cm³/mol. The quantitative estimate of drug-likeness (QED) is 0.867. The number of rotatable bonds is 3. The van der Waals surface area contributed by atoms with Gasteiger partial charge in [0.15, 0.2) is 11.5 Å². The van der Waals surface area contributed by atoms with Gasteiger partial charge in [-0.3, -0.25) is 9.78 Å². The molecule has 1 fully saturated rings. The highest BCUT2D eigenvalue weighted by molar-refractivity contribution is 5.76. The molecule has 0 amide bonds. The van der Waals surface area contributed by atoms with Crippen LogP contribution in [0.3, 0.4) is 0 Å². The first-order valence-electron chi connectivity index (χ1n) is 6.30. The fraction of sp³-hybridized carbons (Fsp3) is 0.500. The summed E-state index contributed by atoms with van der Waals surface area (Å²) < 4.78 is 26.2. The molecule has 0 aliphatic carbocycles. The summed E-state index contributed by atoms with van der Waals surface area (Å²) in [5.41, 5.74) is 5.13. The minimum atomic E-state index is -0.632. The van der Waals surface area contributed by atoms with Crippen LogP contribution in [0.1, 0.15) is 19.1 Å². The summed E-state index contributed by atoms with van der Waals surface area (Å²) in [5.74, 6) is -0.680. The highest BCUT2D eigenvalue weighted by atomic mass is 19.1. The Morgan fingerprint density at radius 1 is 1.65 bits per heavy atom. The first-order chi connectivity index (χ1) is 9.60. The molecule has 2 aromatic rings. The van der Waals surface area contributed by atoms with Crippen LogP contribution in [-0.2, 0) is 9.47 Å². The van der Waals surface area contributed by atoms with Gasteiger partial charge < -0.3 is 19.8 Å². The van der Waals surface area contributed by atoms with Crippen LogP contribution in [0.25, 0.3) is 11.0 Å². The molecule has 3 rings (SSSR count). The third-order valence-electron chi connectivity index (χ3n) is 3.40. The van der Waals surface area contributed by atoms with E-state index < -0.39 is 11.4 Å². The zero-order chi connectivity index (χ0) is 14.3. The molecule has 2 atom stereocenters. The van der Waals surface area contributed by atoms with E-state index in [0.29, 0.717) is 13.0 Å². The lowest BCUT2D eigenvalue weighted by atomic mass is 10.2. The van der Waals surface area contributed by atoms with Gasteiger partial charge in [-0.1, -0.05) is 0 Å². The van der Waals surface area contributed by atoms with Gasteiger partial charge in [-0.25, -0.2) is 4.39 Å². The van der Waals surface area contributed by atoms with Gasteiger partial charge in [0.05, 0.1) is 12.7 Å². The third-order valence-corrected chi connectivity index (χ3v) is 3.40. The van der Waals surface area contributed by atoms with Crippen molar-refractivity contribution in [1.82, 2.24) is 14.5 Å². The lowest BCUT2D eigenvalue weighted by Gasteiger charge is -2.15. The van der Waals surface area contributed by atoms with E-state index >= 15 is 0 Å². The van der Waals surface area contributed by atoms with Gasteiger partial charge in [0.25, 0.3) is 5.56 Å². The summed E-state index contributed by atoms with van der Waals surface area (Å²) in [5, 5.41) is -0.0991. The van der Waals surface area contributed by atoms with Crippen LogP contribution in [0.5, 0.6) is 0 Å². The van der Waals surface area contributed by atoms with E-state index in [1.54, 1.807) is 7.11 Å². The molecule has 1 aliphatic rings. The Kier molecular flexibility index (Phi) is 3.19. The summed E-state index contributed by atoms with van der Waals surface area (Å²) in [4.78, 5) is 18.0. The number of hydrogen-bond acceptors (Lipinski definition) is 5. The summed E-state index contributed by atoms with van der Waals surface area (Å²) in [6.07, 6.45) is 2.33. The lowest BCUT2D eigenvalue weighted by Crippen LogP contribution is -2.16. The van der Waals surface area contributed by atoms with Crippen LogP contribution in [-0.4, -0.2) is 34.4 Å². The van der Waals surface area contributed by atoms with Crippen LogP contribution >= 0.6 is 0 Å². The molecular formula is C12H15FN4O3. The molecule has 0 radical (unpaired) electrons. The van der Waals surface area contributed by atoms with Crippen molar-refractivity contribution in [3.63, 3.8) is 0 Å². The number of halogens is 1. The number of H-pyrrole nitrogens is 1. The van der Waals surface area contributed by atoms with Gasteiger partial charge in [-0.15, -0.1) is 0 Å². The molecule has 1 aliphatic heterocycles. The Morgan fingerprint density at radius 3 is 3.20 bits per heavy atom. The number of nitrogens with two attached hydrogens (primary N) is 1. The third kappa shape index (κ3) is 2.06. The molecule has 8 heteroatoms. The van der Waals surface area contributed by atoms with Crippen molar-refractivity contribution in [2.45, 2.75) is 25.2 Å². The Morgan fingerprint density at radius 2 is 2.45 bits per heavy atom. The summed E-state index contributed by atoms with van der Waals surface area (Å²) in [6, 6.07) is 0. The fourth-order valence-corrected chi connectivity index (χ4v) is 2.55. The van der Waals surface area contributed by atoms with Gasteiger partial charge in [0, 0.05) is 13.3 Å². The molecular weight excluding hydrogens is 267 g/mol. The van der Waals surface area contributed by atoms with Crippen molar-refractivity contribution < 1.29 is 13.9 Å². The van der Waals surface area contributed by atoms with Crippen LogP contribution in [0.15, 0.2) is 11.0 Å². The molecule has 0 aromatic carbocycles. The smallest absolute Gasteiger partial charge is 0.264 e. The number of ether oxygens (including phenoxy) is 2. The van der Waals surface area contributed by atoms with Gasteiger partial charge in [-0.05, 0) is 12.8 Å². The Bertz CT molecular complexity index is 696. The van der Waals surface area contributed by atoms with Crippen LogP contribution in [0.2, 0.25) is 0 Å². The Labute approximate surface area is 113 Å². The van der Waals surface area contributed by atoms with Crippen LogP contribution in [0, 0.1) is 5.82 Å². The zero-order valence-electron chi connectivity index (χ0n) is 10.9. The standard InChI is InChI=1S/C12H15FN4O3/c1-19-5-6-2-3-8(20-6)17-4-7(13)9-10(17)15-12(14)16-11(9)18/h4,6,8H,2-3,5H2,1H3,(H3,14,15,16,18). The van der Waals surface area contributed by atoms with Crippen molar-refractivity contribution in [2.75, 3.05) is 19.5 Å². The maximum Gasteiger partial charge on any atom is 0.264 e. The molecule has 3 N–H and O–H groups in total. The number of nitrogens with one attached hydrogen (secondary N) is 1. The second-order valence-electron chi connectivity index (χ2n) is 4.78. The Balaban J connectivity index is 2.03. The molecule has 2 aromatic heterocycles. The normalized spacial score (nSPS) is 22.7. The maximum atomic E-state index is 13.9. The van der Waals surface area contributed by atoms with Crippen molar-refractivity contribution in [1.29, 1.82) is 0 Å². The molecule has 20 heavy (non-hydrogen) atoms. The largest absolute Gasteiger partial charge is 0.382 e. The molecule has 108 valence electrons. The summed E-state index contributed by atoms with van der Waals surface area (Å²) in [7, 11) is 1.60. The van der Waals surface area contributed by atoms with E-state index in [4.69, 9.17) is 15.2 Å². The molecule has 0 bridgehead atoms. The number of aromatic nitrogens is 3. The van der Waals surface area contributed by atoms with Gasteiger partial charge >= 0.3 is 0 Å². The molecule has 0 saturated carbocycles. The van der Waals surface area contributed by atoms with Crippen molar-refractivity contribution in [2.24, 2.45) is 0 Å². The number of nitrogen functional groups attached to an aromatic ring is 1. The molecule has 2 unspecified atom stereocenters. The first-order valence-corrected chi connectivity index (χ1v) is 6.30.